The fourth-order valence-electron chi connectivity index (χ4n) is 2.58. The molecule has 0 bridgehead atoms. The van der Waals surface area contributed by atoms with E-state index in [1.165, 1.54) is 23.4 Å². The molecule has 116 valence electrons. The van der Waals surface area contributed by atoms with Gasteiger partial charge in [0, 0.05) is 39.2 Å². The minimum absolute atomic E-state index is 0.00873. The summed E-state index contributed by atoms with van der Waals surface area (Å²) in [6.45, 7) is 0.464. The molecule has 1 saturated heterocycles. The number of thioether (sulfide) groups is 1. The summed E-state index contributed by atoms with van der Waals surface area (Å²) in [7, 11) is 3.06. The first-order valence-corrected chi connectivity index (χ1v) is 8.12. The Labute approximate surface area is 135 Å². The average molecular weight is 338 g/mol. The Bertz CT molecular complexity index is 821. The summed E-state index contributed by atoms with van der Waals surface area (Å²) in [5.74, 6) is 0.822. The molecule has 0 radical (unpaired) electrons. The second-order valence-electron chi connectivity index (χ2n) is 5.21. The maximum atomic E-state index is 12.1. The minimum atomic E-state index is -0.388. The van der Waals surface area contributed by atoms with Gasteiger partial charge in [-0.3, -0.25) is 23.6 Å². The van der Waals surface area contributed by atoms with Crippen LogP contribution < -0.4 is 11.2 Å². The third-order valence-corrected chi connectivity index (χ3v) is 5.27. The lowest BCUT2D eigenvalue weighted by atomic mass is 10.1. The van der Waals surface area contributed by atoms with Gasteiger partial charge in [0.15, 0.2) is 0 Å². The van der Waals surface area contributed by atoms with Gasteiger partial charge in [0.25, 0.3) is 5.56 Å². The number of hydrogen-bond acceptors (Lipinski definition) is 6. The van der Waals surface area contributed by atoms with Gasteiger partial charge in [0.1, 0.15) is 10.1 Å². The zero-order valence-corrected chi connectivity index (χ0v) is 13.8. The van der Waals surface area contributed by atoms with Crippen molar-refractivity contribution < 1.29 is 4.79 Å². The van der Waals surface area contributed by atoms with Crippen LogP contribution in [0.3, 0.4) is 0 Å². The van der Waals surface area contributed by atoms with Gasteiger partial charge >= 0.3 is 5.69 Å². The third-order valence-electron chi connectivity index (χ3n) is 3.83. The van der Waals surface area contributed by atoms with Crippen LogP contribution >= 0.6 is 24.0 Å². The quantitative estimate of drug-likeness (QED) is 0.723. The van der Waals surface area contributed by atoms with Crippen molar-refractivity contribution >= 4 is 45.7 Å². The Balaban J connectivity index is 1.82. The van der Waals surface area contributed by atoms with E-state index in [0.717, 1.165) is 10.3 Å². The molecule has 1 aromatic heterocycles. The summed E-state index contributed by atoms with van der Waals surface area (Å²) < 4.78 is 3.06. The molecular formula is C13H14N4O3S2. The Hall–Kier alpha value is -1.74. The zero-order valence-electron chi connectivity index (χ0n) is 12.2. The summed E-state index contributed by atoms with van der Waals surface area (Å²) in [5.41, 5.74) is 0.631. The van der Waals surface area contributed by atoms with Crippen LogP contribution in [-0.2, 0) is 25.3 Å². The molecule has 0 aliphatic carbocycles. The Kier molecular flexibility index (Phi) is 3.77. The molecule has 2 aliphatic rings. The lowest BCUT2D eigenvalue weighted by molar-refractivity contribution is -0.123. The first kappa shape index (κ1) is 15.2. The van der Waals surface area contributed by atoms with Crippen molar-refractivity contribution in [1.29, 1.82) is 0 Å². The number of carbonyl (C=O) groups is 1. The highest BCUT2D eigenvalue weighted by Gasteiger charge is 2.28. The van der Waals surface area contributed by atoms with Crippen LogP contribution in [0.5, 0.6) is 0 Å². The third kappa shape index (κ3) is 2.34. The summed E-state index contributed by atoms with van der Waals surface area (Å²) in [4.78, 5) is 41.7. The van der Waals surface area contributed by atoms with Gasteiger partial charge in [0.05, 0.1) is 11.3 Å². The highest BCUT2D eigenvalue weighted by atomic mass is 32.2. The van der Waals surface area contributed by atoms with E-state index in [-0.39, 0.29) is 17.2 Å². The standard InChI is InChI=1S/C13H14N4O3S2/c1-15-10-8(11(19)16(2)12(15)20)5-7(14-10)3-4-17-9(18)6-22-13(17)21/h3-6H2,1-2H3. The molecule has 0 saturated carbocycles. The normalized spacial score (nSPS) is 17.2. The van der Waals surface area contributed by atoms with Crippen molar-refractivity contribution in [3.05, 3.63) is 26.4 Å². The summed E-state index contributed by atoms with van der Waals surface area (Å²) in [5, 5.41) is 0. The van der Waals surface area contributed by atoms with E-state index in [4.69, 9.17) is 12.2 Å². The largest absolute Gasteiger partial charge is 0.332 e. The molecule has 0 aromatic carbocycles. The molecule has 1 amide bonds. The van der Waals surface area contributed by atoms with Gasteiger partial charge in [-0.05, 0) is 0 Å². The highest BCUT2D eigenvalue weighted by Crippen LogP contribution is 2.24. The predicted molar refractivity (Wildman–Crippen MR) is 89.1 cm³/mol. The van der Waals surface area contributed by atoms with Crippen LogP contribution in [0.25, 0.3) is 0 Å². The fraction of sp³-hybridized carbons (Fsp3) is 0.462. The van der Waals surface area contributed by atoms with Crippen LogP contribution in [0.2, 0.25) is 0 Å². The number of aliphatic imine (C=N–C) groups is 1. The maximum absolute atomic E-state index is 12.1. The number of amides is 1. The van der Waals surface area contributed by atoms with E-state index in [2.05, 4.69) is 4.99 Å². The number of rotatable bonds is 3. The van der Waals surface area contributed by atoms with E-state index in [9.17, 15) is 14.4 Å². The molecule has 1 aromatic rings. The molecule has 0 spiro atoms. The maximum Gasteiger partial charge on any atom is 0.332 e. The molecule has 3 heterocycles. The Morgan fingerprint density at radius 3 is 2.59 bits per heavy atom. The SMILES string of the molecule is Cn1c2c(c(=O)n(C)c1=O)CC(CCN1C(=O)CSC1=S)=N2. The number of nitrogens with zero attached hydrogens (tertiary/aromatic N) is 4. The van der Waals surface area contributed by atoms with Crippen LogP contribution in [0.15, 0.2) is 14.6 Å². The molecule has 7 nitrogen and oxygen atoms in total. The number of carbonyl (C=O) groups excluding carboxylic acids is 1. The van der Waals surface area contributed by atoms with Crippen molar-refractivity contribution in [2.75, 3.05) is 12.3 Å². The predicted octanol–water partition coefficient (Wildman–Crippen LogP) is -0.0370. The van der Waals surface area contributed by atoms with Gasteiger partial charge in [-0.2, -0.15) is 0 Å². The topological polar surface area (TPSA) is 76.7 Å². The van der Waals surface area contributed by atoms with E-state index in [1.54, 1.807) is 11.9 Å². The summed E-state index contributed by atoms with van der Waals surface area (Å²) >= 11 is 6.49. The van der Waals surface area contributed by atoms with Gasteiger partial charge in [0.2, 0.25) is 5.91 Å². The lowest BCUT2D eigenvalue weighted by Gasteiger charge is -2.14. The first-order chi connectivity index (χ1) is 10.4. The van der Waals surface area contributed by atoms with E-state index >= 15 is 0 Å². The first-order valence-electron chi connectivity index (χ1n) is 6.72. The molecular weight excluding hydrogens is 324 g/mol. The van der Waals surface area contributed by atoms with Crippen molar-refractivity contribution in [2.24, 2.45) is 19.1 Å². The fourth-order valence-corrected chi connectivity index (χ4v) is 3.70. The molecule has 3 rings (SSSR count). The van der Waals surface area contributed by atoms with Gasteiger partial charge < -0.3 is 0 Å². The minimum Gasteiger partial charge on any atom is -0.297 e. The van der Waals surface area contributed by atoms with Gasteiger partial charge in [-0.25, -0.2) is 9.79 Å². The number of hydrogen-bond donors (Lipinski definition) is 0. The van der Waals surface area contributed by atoms with E-state index < -0.39 is 0 Å². The van der Waals surface area contributed by atoms with Crippen LogP contribution in [0.4, 0.5) is 5.82 Å². The second-order valence-corrected chi connectivity index (χ2v) is 6.82. The van der Waals surface area contributed by atoms with Gasteiger partial charge in [-0.15, -0.1) is 0 Å². The average Bonchev–Trinajstić information content (AvgIpc) is 3.05. The molecule has 22 heavy (non-hydrogen) atoms. The lowest BCUT2D eigenvalue weighted by Crippen LogP contribution is -2.38. The Morgan fingerprint density at radius 2 is 1.95 bits per heavy atom. The number of fused-ring (bicyclic) bond motifs is 1. The summed E-state index contributed by atoms with van der Waals surface area (Å²) in [6.07, 6.45) is 0.955. The van der Waals surface area contributed by atoms with Crippen LogP contribution in [0.1, 0.15) is 12.0 Å². The van der Waals surface area contributed by atoms with Crippen molar-refractivity contribution in [2.45, 2.75) is 12.8 Å². The van der Waals surface area contributed by atoms with Crippen LogP contribution in [0, 0.1) is 0 Å². The van der Waals surface area contributed by atoms with Crippen molar-refractivity contribution in [3.8, 4) is 0 Å². The molecule has 2 aliphatic heterocycles. The van der Waals surface area contributed by atoms with Gasteiger partial charge in [-0.1, -0.05) is 24.0 Å². The van der Waals surface area contributed by atoms with Crippen molar-refractivity contribution in [3.63, 3.8) is 0 Å². The molecule has 9 heteroatoms. The van der Waals surface area contributed by atoms with Crippen LogP contribution in [-0.4, -0.2) is 42.3 Å². The smallest absolute Gasteiger partial charge is 0.297 e. The van der Waals surface area contributed by atoms with Crippen molar-refractivity contribution in [1.82, 2.24) is 14.0 Å². The van der Waals surface area contributed by atoms with E-state index in [0.29, 0.717) is 40.8 Å². The zero-order chi connectivity index (χ0) is 16.0. The molecule has 0 unspecified atom stereocenters. The Morgan fingerprint density at radius 1 is 1.23 bits per heavy atom. The highest BCUT2D eigenvalue weighted by molar-refractivity contribution is 8.23. The number of thiocarbonyl (C=S) groups is 1. The molecule has 1 fully saturated rings. The molecule has 0 N–H and O–H groups in total. The second kappa shape index (κ2) is 5.47. The summed E-state index contributed by atoms with van der Waals surface area (Å²) in [6, 6.07) is 0. The number of aromatic nitrogens is 2. The monoisotopic (exact) mass is 338 g/mol. The molecule has 0 atom stereocenters. The van der Waals surface area contributed by atoms with E-state index in [1.807, 2.05) is 0 Å².